The first-order chi connectivity index (χ1) is 7.09. The maximum atomic E-state index is 5.93. The second-order valence-electron chi connectivity index (χ2n) is 3.07. The molecular weight excluding hydrogens is 214 g/mol. The summed E-state index contributed by atoms with van der Waals surface area (Å²) in [6.07, 6.45) is 0. The average Bonchev–Trinajstić information content (AvgIpc) is 2.18. The molecule has 0 aliphatic rings. The Hall–Kier alpha value is -1.42. The van der Waals surface area contributed by atoms with Gasteiger partial charge in [-0.25, -0.2) is 0 Å². The number of hydrogen-bond donors (Lipinski definition) is 2. The van der Waals surface area contributed by atoms with Crippen LogP contribution in [0.5, 0.6) is 5.75 Å². The Kier molecular flexibility index (Phi) is 4.24. The number of nitrogens with zero attached hydrogens (tertiary/aromatic N) is 1. The first-order valence-corrected chi connectivity index (χ1v) is 4.91. The molecule has 0 bridgehead atoms. The van der Waals surface area contributed by atoms with Crippen molar-refractivity contribution in [1.82, 2.24) is 0 Å². The molecule has 0 radical (unpaired) electrons. The van der Waals surface area contributed by atoms with Gasteiger partial charge in [0.1, 0.15) is 12.4 Å². The third kappa shape index (κ3) is 4.08. The Labute approximate surface area is 93.9 Å². The summed E-state index contributed by atoms with van der Waals surface area (Å²) in [6, 6.07) is 5.53. The van der Waals surface area contributed by atoms with Crippen molar-refractivity contribution in [3.8, 4) is 5.75 Å². The molecule has 0 aliphatic heterocycles. The van der Waals surface area contributed by atoms with E-state index in [4.69, 9.17) is 27.8 Å². The van der Waals surface area contributed by atoms with Crippen molar-refractivity contribution in [3.05, 3.63) is 28.8 Å². The van der Waals surface area contributed by atoms with Gasteiger partial charge in [0.05, 0.1) is 6.54 Å². The minimum atomic E-state index is 0.0699. The van der Waals surface area contributed by atoms with E-state index >= 15 is 0 Å². The highest BCUT2D eigenvalue weighted by atomic mass is 35.5. The van der Waals surface area contributed by atoms with Crippen LogP contribution in [0.15, 0.2) is 23.2 Å². The molecule has 82 valence electrons. The van der Waals surface area contributed by atoms with Crippen LogP contribution >= 0.6 is 11.6 Å². The highest BCUT2D eigenvalue weighted by Crippen LogP contribution is 2.21. The molecule has 15 heavy (non-hydrogen) atoms. The van der Waals surface area contributed by atoms with E-state index in [1.807, 2.05) is 19.1 Å². The first kappa shape index (κ1) is 11.7. The number of aliphatic imine (C=N–C) groups is 1. The molecule has 1 rings (SSSR count). The van der Waals surface area contributed by atoms with E-state index in [-0.39, 0.29) is 5.96 Å². The number of ether oxygens (including phenoxy) is 1. The summed E-state index contributed by atoms with van der Waals surface area (Å²) in [5, 5.41) is 0.689. The Morgan fingerprint density at radius 1 is 1.47 bits per heavy atom. The van der Waals surface area contributed by atoms with E-state index in [0.717, 1.165) is 11.3 Å². The molecule has 0 saturated carbocycles. The first-order valence-electron chi connectivity index (χ1n) is 4.54. The van der Waals surface area contributed by atoms with Gasteiger partial charge in [-0.3, -0.25) is 4.99 Å². The normalized spacial score (nSPS) is 9.73. The van der Waals surface area contributed by atoms with Crippen molar-refractivity contribution in [2.75, 3.05) is 13.2 Å². The molecule has 1 aromatic rings. The summed E-state index contributed by atoms with van der Waals surface area (Å²) >= 11 is 5.93. The smallest absolute Gasteiger partial charge is 0.186 e. The lowest BCUT2D eigenvalue weighted by molar-refractivity contribution is 0.328. The van der Waals surface area contributed by atoms with Crippen molar-refractivity contribution in [1.29, 1.82) is 0 Å². The highest BCUT2D eigenvalue weighted by Gasteiger charge is 1.98. The van der Waals surface area contributed by atoms with E-state index in [1.54, 1.807) is 6.07 Å². The van der Waals surface area contributed by atoms with Gasteiger partial charge in [-0.15, -0.1) is 0 Å². The Morgan fingerprint density at radius 3 is 2.80 bits per heavy atom. The number of aryl methyl sites for hydroxylation is 1. The molecule has 4 nitrogen and oxygen atoms in total. The zero-order valence-corrected chi connectivity index (χ0v) is 9.29. The van der Waals surface area contributed by atoms with Crippen LogP contribution in [-0.4, -0.2) is 19.1 Å². The SMILES string of the molecule is Cc1ccc(OCCN=C(N)N)cc1Cl. The van der Waals surface area contributed by atoms with Crippen LogP contribution in [0.3, 0.4) is 0 Å². The maximum absolute atomic E-state index is 5.93. The molecule has 1 aromatic carbocycles. The van der Waals surface area contributed by atoms with Crippen LogP contribution in [0, 0.1) is 6.92 Å². The minimum absolute atomic E-state index is 0.0699. The minimum Gasteiger partial charge on any atom is -0.492 e. The summed E-state index contributed by atoms with van der Waals surface area (Å²) in [6.45, 7) is 2.80. The number of benzene rings is 1. The molecule has 0 spiro atoms. The lowest BCUT2D eigenvalue weighted by Crippen LogP contribution is -2.23. The van der Waals surface area contributed by atoms with Gasteiger partial charge in [0.15, 0.2) is 5.96 Å². The summed E-state index contributed by atoms with van der Waals surface area (Å²) in [7, 11) is 0. The number of rotatable bonds is 4. The molecular formula is C10H14ClN3O. The fourth-order valence-corrected chi connectivity index (χ4v) is 1.17. The summed E-state index contributed by atoms with van der Waals surface area (Å²) < 4.78 is 5.39. The largest absolute Gasteiger partial charge is 0.492 e. The van der Waals surface area contributed by atoms with Crippen LogP contribution in [0.2, 0.25) is 5.02 Å². The molecule has 0 amide bonds. The van der Waals surface area contributed by atoms with Crippen LogP contribution in [0.1, 0.15) is 5.56 Å². The van der Waals surface area contributed by atoms with Crippen LogP contribution in [-0.2, 0) is 0 Å². The molecule has 5 heteroatoms. The number of nitrogens with two attached hydrogens (primary N) is 2. The van der Waals surface area contributed by atoms with Crippen molar-refractivity contribution < 1.29 is 4.74 Å². The number of hydrogen-bond acceptors (Lipinski definition) is 2. The number of guanidine groups is 1. The Bertz CT molecular complexity index is 362. The number of halogens is 1. The molecule has 0 aromatic heterocycles. The summed E-state index contributed by atoms with van der Waals surface area (Å²) in [5.74, 6) is 0.789. The standard InChI is InChI=1S/C10H14ClN3O/c1-7-2-3-8(6-9(7)11)15-5-4-14-10(12)13/h2-3,6H,4-5H2,1H3,(H4,12,13,14). The summed E-state index contributed by atoms with van der Waals surface area (Å²) in [5.41, 5.74) is 11.4. The van der Waals surface area contributed by atoms with Gasteiger partial charge in [-0.1, -0.05) is 17.7 Å². The zero-order valence-electron chi connectivity index (χ0n) is 8.53. The maximum Gasteiger partial charge on any atom is 0.186 e. The fraction of sp³-hybridized carbons (Fsp3) is 0.300. The van der Waals surface area contributed by atoms with Gasteiger partial charge in [0, 0.05) is 5.02 Å². The zero-order chi connectivity index (χ0) is 11.3. The lowest BCUT2D eigenvalue weighted by Gasteiger charge is -2.05. The third-order valence-corrected chi connectivity index (χ3v) is 2.20. The second kappa shape index (κ2) is 5.46. The summed E-state index contributed by atoms with van der Waals surface area (Å²) in [4.78, 5) is 3.79. The van der Waals surface area contributed by atoms with E-state index in [0.29, 0.717) is 18.2 Å². The van der Waals surface area contributed by atoms with Crippen molar-refractivity contribution in [2.45, 2.75) is 6.92 Å². The quantitative estimate of drug-likeness (QED) is 0.463. The van der Waals surface area contributed by atoms with Gasteiger partial charge in [0.2, 0.25) is 0 Å². The van der Waals surface area contributed by atoms with E-state index < -0.39 is 0 Å². The van der Waals surface area contributed by atoms with Crippen LogP contribution in [0.25, 0.3) is 0 Å². The van der Waals surface area contributed by atoms with Gasteiger partial charge in [-0.05, 0) is 24.6 Å². The Balaban J connectivity index is 2.44. The van der Waals surface area contributed by atoms with Crippen LogP contribution in [0.4, 0.5) is 0 Å². The molecule has 0 unspecified atom stereocenters. The van der Waals surface area contributed by atoms with E-state index in [9.17, 15) is 0 Å². The fourth-order valence-electron chi connectivity index (χ4n) is 1.00. The van der Waals surface area contributed by atoms with Crippen molar-refractivity contribution >= 4 is 17.6 Å². The van der Waals surface area contributed by atoms with Crippen molar-refractivity contribution in [3.63, 3.8) is 0 Å². The molecule has 0 saturated heterocycles. The third-order valence-electron chi connectivity index (χ3n) is 1.80. The highest BCUT2D eigenvalue weighted by molar-refractivity contribution is 6.31. The predicted molar refractivity (Wildman–Crippen MR) is 62.4 cm³/mol. The van der Waals surface area contributed by atoms with Crippen LogP contribution < -0.4 is 16.2 Å². The molecule has 0 heterocycles. The van der Waals surface area contributed by atoms with Crippen molar-refractivity contribution in [2.24, 2.45) is 16.5 Å². The average molecular weight is 228 g/mol. The monoisotopic (exact) mass is 227 g/mol. The molecule has 0 aliphatic carbocycles. The topological polar surface area (TPSA) is 73.6 Å². The lowest BCUT2D eigenvalue weighted by atomic mass is 10.2. The Morgan fingerprint density at radius 2 is 2.20 bits per heavy atom. The van der Waals surface area contributed by atoms with Gasteiger partial charge in [0.25, 0.3) is 0 Å². The van der Waals surface area contributed by atoms with E-state index in [1.165, 1.54) is 0 Å². The second-order valence-corrected chi connectivity index (χ2v) is 3.47. The molecule has 0 atom stereocenters. The van der Waals surface area contributed by atoms with Gasteiger partial charge >= 0.3 is 0 Å². The van der Waals surface area contributed by atoms with Gasteiger partial charge in [-0.2, -0.15) is 0 Å². The van der Waals surface area contributed by atoms with E-state index in [2.05, 4.69) is 4.99 Å². The molecule has 4 N–H and O–H groups in total. The molecule has 0 fully saturated rings. The predicted octanol–water partition coefficient (Wildman–Crippen LogP) is 1.30. The van der Waals surface area contributed by atoms with Gasteiger partial charge < -0.3 is 16.2 Å².